The Bertz CT molecular complexity index is 677. The van der Waals surface area contributed by atoms with Crippen molar-refractivity contribution in [3.63, 3.8) is 0 Å². The SMILES string of the molecule is CS(=O)(=O)[C@H]1[C@@H](c2ccc(Br)cc2)[C@@]1(C#N)C(=O)O. The van der Waals surface area contributed by atoms with Gasteiger partial charge in [-0.25, -0.2) is 8.42 Å². The predicted molar refractivity (Wildman–Crippen MR) is 71.2 cm³/mol. The van der Waals surface area contributed by atoms with E-state index in [1.165, 1.54) is 0 Å². The molecule has 0 saturated heterocycles. The monoisotopic (exact) mass is 343 g/mol. The molecule has 1 aromatic carbocycles. The predicted octanol–water partition coefficient (Wildman–Crippen LogP) is 1.55. The third-order valence-corrected chi connectivity index (χ3v) is 5.46. The Morgan fingerprint density at radius 2 is 1.95 bits per heavy atom. The van der Waals surface area contributed by atoms with Crippen molar-refractivity contribution < 1.29 is 18.3 Å². The lowest BCUT2D eigenvalue weighted by atomic mass is 10.0. The molecule has 7 heteroatoms. The third kappa shape index (κ3) is 2.05. The molecule has 1 N–H and O–H groups in total. The third-order valence-electron chi connectivity index (χ3n) is 3.36. The molecule has 1 aromatic rings. The Hall–Kier alpha value is -1.39. The van der Waals surface area contributed by atoms with Crippen LogP contribution in [0.3, 0.4) is 0 Å². The van der Waals surface area contributed by atoms with Crippen molar-refractivity contribution in [1.82, 2.24) is 0 Å². The van der Waals surface area contributed by atoms with Gasteiger partial charge in [0.2, 0.25) is 0 Å². The lowest BCUT2D eigenvalue weighted by molar-refractivity contribution is -0.141. The van der Waals surface area contributed by atoms with Crippen molar-refractivity contribution in [3.8, 4) is 6.07 Å². The van der Waals surface area contributed by atoms with Crippen LogP contribution < -0.4 is 0 Å². The number of nitrogens with zero attached hydrogens (tertiary/aromatic N) is 1. The van der Waals surface area contributed by atoms with E-state index in [2.05, 4.69) is 15.9 Å². The van der Waals surface area contributed by atoms with Gasteiger partial charge in [-0.2, -0.15) is 5.26 Å². The fourth-order valence-corrected chi connectivity index (χ4v) is 4.51. The summed E-state index contributed by atoms with van der Waals surface area (Å²) in [5, 5.41) is 17.2. The van der Waals surface area contributed by atoms with Crippen LogP contribution in [0.25, 0.3) is 0 Å². The van der Waals surface area contributed by atoms with Crippen molar-refractivity contribution in [1.29, 1.82) is 5.26 Å². The molecule has 0 bridgehead atoms. The molecule has 0 radical (unpaired) electrons. The highest BCUT2D eigenvalue weighted by Crippen LogP contribution is 2.62. The molecule has 0 amide bonds. The van der Waals surface area contributed by atoms with Crippen molar-refractivity contribution in [3.05, 3.63) is 34.3 Å². The number of aliphatic carboxylic acids is 1. The Kier molecular flexibility index (Phi) is 3.19. The van der Waals surface area contributed by atoms with E-state index < -0.39 is 32.4 Å². The first kappa shape index (κ1) is 14.0. The molecule has 1 saturated carbocycles. The Morgan fingerprint density at radius 3 is 2.26 bits per heavy atom. The van der Waals surface area contributed by atoms with E-state index in [0.717, 1.165) is 10.7 Å². The highest BCUT2D eigenvalue weighted by atomic mass is 79.9. The summed E-state index contributed by atoms with van der Waals surface area (Å²) in [6.07, 6.45) is 0.964. The molecule has 0 heterocycles. The van der Waals surface area contributed by atoms with E-state index in [1.807, 2.05) is 0 Å². The van der Waals surface area contributed by atoms with Gasteiger partial charge in [0.15, 0.2) is 15.3 Å². The fraction of sp³-hybridized carbons (Fsp3) is 0.333. The molecule has 1 aliphatic rings. The normalized spacial score (nSPS) is 29.5. The number of halogens is 1. The van der Waals surface area contributed by atoms with Crippen LogP contribution in [0.5, 0.6) is 0 Å². The van der Waals surface area contributed by atoms with Crippen molar-refractivity contribution in [2.24, 2.45) is 5.41 Å². The minimum atomic E-state index is -3.62. The van der Waals surface area contributed by atoms with Crippen molar-refractivity contribution >= 4 is 31.7 Å². The summed E-state index contributed by atoms with van der Waals surface area (Å²) in [7, 11) is -3.62. The molecule has 100 valence electrons. The van der Waals surface area contributed by atoms with Crippen LogP contribution in [0.15, 0.2) is 28.7 Å². The molecule has 1 fully saturated rings. The van der Waals surface area contributed by atoms with Crippen molar-refractivity contribution in [2.45, 2.75) is 11.2 Å². The van der Waals surface area contributed by atoms with Gasteiger partial charge in [0.1, 0.15) is 5.25 Å². The number of rotatable bonds is 3. The van der Waals surface area contributed by atoms with Gasteiger partial charge < -0.3 is 5.11 Å². The van der Waals surface area contributed by atoms with Gasteiger partial charge in [0.05, 0.1) is 6.07 Å². The fourth-order valence-electron chi connectivity index (χ4n) is 2.48. The zero-order valence-corrected chi connectivity index (χ0v) is 12.3. The first-order chi connectivity index (χ1) is 8.75. The average molecular weight is 344 g/mol. The van der Waals surface area contributed by atoms with Gasteiger partial charge in [0.25, 0.3) is 0 Å². The maximum atomic E-state index is 11.7. The Labute approximate surface area is 118 Å². The molecule has 0 spiro atoms. The van der Waals surface area contributed by atoms with Gasteiger partial charge in [-0.3, -0.25) is 4.79 Å². The molecule has 0 aliphatic heterocycles. The summed E-state index contributed by atoms with van der Waals surface area (Å²) in [5.41, 5.74) is -1.33. The standard InChI is InChI=1S/C12H10BrNO4S/c1-19(17,18)10-9(12(10,6-14)11(15)16)7-2-4-8(13)5-3-7/h2-5,9-10H,1H3,(H,15,16)/t9-,10+,12-/m1/s1. The van der Waals surface area contributed by atoms with Crippen LogP contribution in [0.4, 0.5) is 0 Å². The van der Waals surface area contributed by atoms with Crippen LogP contribution in [0.1, 0.15) is 11.5 Å². The van der Waals surface area contributed by atoms with Gasteiger partial charge in [-0.15, -0.1) is 0 Å². The maximum Gasteiger partial charge on any atom is 0.326 e. The van der Waals surface area contributed by atoms with Crippen LogP contribution in [-0.2, 0) is 14.6 Å². The Balaban J connectivity index is 2.54. The molecule has 19 heavy (non-hydrogen) atoms. The highest BCUT2D eigenvalue weighted by molar-refractivity contribution is 9.10. The summed E-state index contributed by atoms with van der Waals surface area (Å²) < 4.78 is 24.2. The van der Waals surface area contributed by atoms with E-state index in [9.17, 15) is 18.3 Å². The lowest BCUT2D eigenvalue weighted by Gasteiger charge is -2.02. The van der Waals surface area contributed by atoms with Gasteiger partial charge in [0, 0.05) is 16.6 Å². The second-order valence-electron chi connectivity index (χ2n) is 4.57. The van der Waals surface area contributed by atoms with Crippen LogP contribution in [0, 0.1) is 16.7 Å². The number of benzene rings is 1. The number of carboxylic acid groups (broad SMARTS) is 1. The highest BCUT2D eigenvalue weighted by Gasteiger charge is 2.76. The van der Waals surface area contributed by atoms with E-state index in [0.29, 0.717) is 5.56 Å². The summed E-state index contributed by atoms with van der Waals surface area (Å²) in [6, 6.07) is 8.33. The van der Waals surface area contributed by atoms with Crippen LogP contribution in [0.2, 0.25) is 0 Å². The second kappa shape index (κ2) is 4.32. The quantitative estimate of drug-likeness (QED) is 0.898. The largest absolute Gasteiger partial charge is 0.480 e. The first-order valence-electron chi connectivity index (χ1n) is 5.34. The number of carboxylic acids is 1. The van der Waals surface area contributed by atoms with Gasteiger partial charge in [-0.05, 0) is 17.7 Å². The van der Waals surface area contributed by atoms with E-state index in [-0.39, 0.29) is 0 Å². The zero-order valence-electron chi connectivity index (χ0n) is 9.87. The minimum absolute atomic E-state index is 0.544. The molecule has 0 aromatic heterocycles. The average Bonchev–Trinajstić information content (AvgIpc) is 3.00. The first-order valence-corrected chi connectivity index (χ1v) is 8.09. The van der Waals surface area contributed by atoms with Gasteiger partial charge >= 0.3 is 5.97 Å². The molecular formula is C12H10BrNO4S. The van der Waals surface area contributed by atoms with E-state index in [1.54, 1.807) is 30.3 Å². The minimum Gasteiger partial charge on any atom is -0.480 e. The number of sulfone groups is 1. The smallest absolute Gasteiger partial charge is 0.326 e. The number of hydrogen-bond acceptors (Lipinski definition) is 4. The number of nitriles is 1. The van der Waals surface area contributed by atoms with Crippen molar-refractivity contribution in [2.75, 3.05) is 6.26 Å². The summed E-state index contributed by atoms with van der Waals surface area (Å²) in [4.78, 5) is 11.3. The van der Waals surface area contributed by atoms with Crippen LogP contribution >= 0.6 is 15.9 Å². The second-order valence-corrected chi connectivity index (χ2v) is 7.65. The Morgan fingerprint density at radius 1 is 1.42 bits per heavy atom. The summed E-state index contributed by atoms with van der Waals surface area (Å²) in [6.45, 7) is 0. The summed E-state index contributed by atoms with van der Waals surface area (Å²) >= 11 is 3.24. The molecule has 2 rings (SSSR count). The maximum absolute atomic E-state index is 11.7. The van der Waals surface area contributed by atoms with E-state index >= 15 is 0 Å². The zero-order chi connectivity index (χ0) is 14.4. The molecule has 3 atom stereocenters. The molecule has 0 unspecified atom stereocenters. The molecule has 1 aliphatic carbocycles. The topological polar surface area (TPSA) is 95.2 Å². The number of carbonyl (C=O) groups is 1. The van der Waals surface area contributed by atoms with Gasteiger partial charge in [-0.1, -0.05) is 28.1 Å². The molecule has 5 nitrogen and oxygen atoms in total. The van der Waals surface area contributed by atoms with E-state index in [4.69, 9.17) is 5.26 Å². The molecular weight excluding hydrogens is 334 g/mol. The summed E-state index contributed by atoms with van der Waals surface area (Å²) in [5.74, 6) is -2.21. The lowest BCUT2D eigenvalue weighted by Crippen LogP contribution is -2.21. The van der Waals surface area contributed by atoms with Crippen LogP contribution in [-0.4, -0.2) is 31.0 Å². The number of hydrogen-bond donors (Lipinski definition) is 1.